The highest BCUT2D eigenvalue weighted by molar-refractivity contribution is 5.63. The summed E-state index contributed by atoms with van der Waals surface area (Å²) in [6.45, 7) is 6.45. The van der Waals surface area contributed by atoms with Crippen molar-refractivity contribution in [1.82, 2.24) is 24.9 Å². The first-order valence-corrected chi connectivity index (χ1v) is 7.97. The van der Waals surface area contributed by atoms with Gasteiger partial charge in [-0.15, -0.1) is 0 Å². The summed E-state index contributed by atoms with van der Waals surface area (Å²) in [6.07, 6.45) is 7.52. The largest absolute Gasteiger partial charge is 0.349 e. The number of nitrogens with one attached hydrogen (secondary N) is 1. The van der Waals surface area contributed by atoms with E-state index in [0.29, 0.717) is 12.1 Å². The van der Waals surface area contributed by atoms with Gasteiger partial charge >= 0.3 is 0 Å². The number of piperazine rings is 1. The lowest BCUT2D eigenvalue weighted by Crippen LogP contribution is -2.55. The van der Waals surface area contributed by atoms with Crippen molar-refractivity contribution in [2.24, 2.45) is 0 Å². The standard InChI is InChI=1S/C17H20N6/c1-12-7-18-8-13(2)23(12)17-4-3-14(9-20-17)15-10-19-16-5-6-21-22(16)11-15/h3-6,9-13,18H,7-8H2,1-2H3/t12-,13+. The van der Waals surface area contributed by atoms with E-state index in [0.717, 1.165) is 35.7 Å². The second-order valence-electron chi connectivity index (χ2n) is 6.15. The highest BCUT2D eigenvalue weighted by Gasteiger charge is 2.25. The first-order valence-electron chi connectivity index (χ1n) is 7.97. The molecule has 0 amide bonds. The lowest BCUT2D eigenvalue weighted by Gasteiger charge is -2.40. The second-order valence-corrected chi connectivity index (χ2v) is 6.15. The van der Waals surface area contributed by atoms with Gasteiger partial charge in [0.15, 0.2) is 5.65 Å². The van der Waals surface area contributed by atoms with Crippen molar-refractivity contribution in [3.05, 3.63) is 43.0 Å². The van der Waals surface area contributed by atoms with E-state index in [9.17, 15) is 0 Å². The molecule has 1 aliphatic rings. The molecule has 6 heteroatoms. The minimum atomic E-state index is 0.444. The van der Waals surface area contributed by atoms with Crippen LogP contribution in [0.2, 0.25) is 0 Å². The van der Waals surface area contributed by atoms with Crippen LogP contribution in [0.5, 0.6) is 0 Å². The zero-order chi connectivity index (χ0) is 15.8. The lowest BCUT2D eigenvalue weighted by molar-refractivity contribution is 0.429. The molecule has 3 aromatic heterocycles. The molecule has 0 aliphatic carbocycles. The minimum absolute atomic E-state index is 0.444. The Kier molecular flexibility index (Phi) is 3.46. The van der Waals surface area contributed by atoms with Crippen LogP contribution in [-0.2, 0) is 0 Å². The fourth-order valence-electron chi connectivity index (χ4n) is 3.25. The average Bonchev–Trinajstić information content (AvgIpc) is 3.03. The van der Waals surface area contributed by atoms with Crippen molar-refractivity contribution in [2.75, 3.05) is 18.0 Å². The number of pyridine rings is 1. The molecule has 6 nitrogen and oxygen atoms in total. The first-order chi connectivity index (χ1) is 11.2. The van der Waals surface area contributed by atoms with Gasteiger partial charge in [0.05, 0.1) is 6.20 Å². The topological polar surface area (TPSA) is 58.3 Å². The average molecular weight is 308 g/mol. The SMILES string of the molecule is C[C@@H]1CNC[C@H](C)N1c1ccc(-c2cnc3ccnn3c2)cn1. The maximum Gasteiger partial charge on any atom is 0.154 e. The van der Waals surface area contributed by atoms with E-state index >= 15 is 0 Å². The lowest BCUT2D eigenvalue weighted by atomic mass is 10.1. The maximum atomic E-state index is 4.69. The van der Waals surface area contributed by atoms with E-state index in [1.54, 1.807) is 10.7 Å². The van der Waals surface area contributed by atoms with E-state index in [2.05, 4.69) is 51.3 Å². The van der Waals surface area contributed by atoms with Crippen LogP contribution in [0.25, 0.3) is 16.8 Å². The number of anilines is 1. The number of hydrogen-bond acceptors (Lipinski definition) is 5. The zero-order valence-corrected chi connectivity index (χ0v) is 13.3. The van der Waals surface area contributed by atoms with Gasteiger partial charge in [0, 0.05) is 61.0 Å². The first kappa shape index (κ1) is 14.1. The van der Waals surface area contributed by atoms with Gasteiger partial charge in [-0.1, -0.05) is 0 Å². The molecule has 118 valence electrons. The number of rotatable bonds is 2. The Morgan fingerprint density at radius 3 is 2.52 bits per heavy atom. The number of nitrogens with zero attached hydrogens (tertiary/aromatic N) is 5. The Labute approximate surface area is 135 Å². The molecule has 3 aromatic rings. The fraction of sp³-hybridized carbons (Fsp3) is 0.353. The van der Waals surface area contributed by atoms with Gasteiger partial charge in [-0.3, -0.25) is 0 Å². The van der Waals surface area contributed by atoms with E-state index < -0.39 is 0 Å². The van der Waals surface area contributed by atoms with Crippen LogP contribution in [-0.4, -0.2) is 44.8 Å². The molecule has 1 fully saturated rings. The third kappa shape index (κ3) is 2.55. The molecular weight excluding hydrogens is 288 g/mol. The third-order valence-electron chi connectivity index (χ3n) is 4.42. The van der Waals surface area contributed by atoms with Gasteiger partial charge in [0.25, 0.3) is 0 Å². The summed E-state index contributed by atoms with van der Waals surface area (Å²) in [5.41, 5.74) is 2.91. The molecule has 0 saturated carbocycles. The quantitative estimate of drug-likeness (QED) is 0.784. The molecule has 4 rings (SSSR count). The van der Waals surface area contributed by atoms with Crippen molar-refractivity contribution in [1.29, 1.82) is 0 Å². The Hall–Kier alpha value is -2.47. The predicted octanol–water partition coefficient (Wildman–Crippen LogP) is 1.98. The normalized spacial score (nSPS) is 21.7. The summed E-state index contributed by atoms with van der Waals surface area (Å²) in [5.74, 6) is 1.03. The molecule has 4 heterocycles. The number of fused-ring (bicyclic) bond motifs is 1. The Morgan fingerprint density at radius 1 is 1.00 bits per heavy atom. The highest BCUT2D eigenvalue weighted by Crippen LogP contribution is 2.23. The van der Waals surface area contributed by atoms with Gasteiger partial charge < -0.3 is 10.2 Å². The van der Waals surface area contributed by atoms with Crippen LogP contribution in [0, 0.1) is 0 Å². The smallest absolute Gasteiger partial charge is 0.154 e. The molecule has 0 radical (unpaired) electrons. The Bertz CT molecular complexity index is 799. The minimum Gasteiger partial charge on any atom is -0.349 e. The molecule has 1 saturated heterocycles. The van der Waals surface area contributed by atoms with Gasteiger partial charge in [0.1, 0.15) is 5.82 Å². The van der Waals surface area contributed by atoms with Gasteiger partial charge in [-0.25, -0.2) is 14.5 Å². The molecule has 2 atom stereocenters. The van der Waals surface area contributed by atoms with Crippen LogP contribution in [0.1, 0.15) is 13.8 Å². The summed E-state index contributed by atoms with van der Waals surface area (Å²) in [7, 11) is 0. The summed E-state index contributed by atoms with van der Waals surface area (Å²) >= 11 is 0. The molecule has 0 bridgehead atoms. The van der Waals surface area contributed by atoms with Crippen LogP contribution < -0.4 is 10.2 Å². The van der Waals surface area contributed by atoms with Crippen LogP contribution in [0.3, 0.4) is 0 Å². The van der Waals surface area contributed by atoms with Crippen LogP contribution >= 0.6 is 0 Å². The molecule has 0 unspecified atom stereocenters. The van der Waals surface area contributed by atoms with Crippen LogP contribution in [0.15, 0.2) is 43.0 Å². The zero-order valence-electron chi connectivity index (χ0n) is 13.3. The van der Waals surface area contributed by atoms with Crippen molar-refractivity contribution in [3.8, 4) is 11.1 Å². The molecule has 1 N–H and O–H groups in total. The van der Waals surface area contributed by atoms with E-state index in [4.69, 9.17) is 0 Å². The molecule has 0 aromatic carbocycles. The molecule has 23 heavy (non-hydrogen) atoms. The summed E-state index contributed by atoms with van der Waals surface area (Å²) < 4.78 is 1.78. The third-order valence-corrected chi connectivity index (χ3v) is 4.42. The van der Waals surface area contributed by atoms with E-state index in [1.165, 1.54) is 0 Å². The fourth-order valence-corrected chi connectivity index (χ4v) is 3.25. The van der Waals surface area contributed by atoms with Crippen LogP contribution in [0.4, 0.5) is 5.82 Å². The number of aromatic nitrogens is 4. The van der Waals surface area contributed by atoms with Crippen molar-refractivity contribution in [3.63, 3.8) is 0 Å². The van der Waals surface area contributed by atoms with Crippen molar-refractivity contribution < 1.29 is 0 Å². The van der Waals surface area contributed by atoms with E-state index in [1.807, 2.05) is 24.7 Å². The van der Waals surface area contributed by atoms with E-state index in [-0.39, 0.29) is 0 Å². The van der Waals surface area contributed by atoms with Crippen molar-refractivity contribution in [2.45, 2.75) is 25.9 Å². The molecule has 1 aliphatic heterocycles. The van der Waals surface area contributed by atoms with Crippen molar-refractivity contribution >= 4 is 11.5 Å². The number of hydrogen-bond donors (Lipinski definition) is 1. The van der Waals surface area contributed by atoms with Gasteiger partial charge in [0.2, 0.25) is 0 Å². The Balaban J connectivity index is 1.64. The molecular formula is C17H20N6. The Morgan fingerprint density at radius 2 is 1.78 bits per heavy atom. The summed E-state index contributed by atoms with van der Waals surface area (Å²) in [5, 5.41) is 7.68. The predicted molar refractivity (Wildman–Crippen MR) is 90.5 cm³/mol. The monoisotopic (exact) mass is 308 g/mol. The summed E-state index contributed by atoms with van der Waals surface area (Å²) in [4.78, 5) is 11.5. The summed E-state index contributed by atoms with van der Waals surface area (Å²) in [6, 6.07) is 6.98. The maximum absolute atomic E-state index is 4.69. The second kappa shape index (κ2) is 5.62. The molecule has 0 spiro atoms. The highest BCUT2D eigenvalue weighted by atomic mass is 15.3. The van der Waals surface area contributed by atoms with Gasteiger partial charge in [-0.2, -0.15) is 5.10 Å². The van der Waals surface area contributed by atoms with Gasteiger partial charge in [-0.05, 0) is 26.0 Å².